The van der Waals surface area contributed by atoms with Crippen LogP contribution in [0.5, 0.6) is 0 Å². The molecule has 0 bridgehead atoms. The van der Waals surface area contributed by atoms with E-state index in [0.717, 1.165) is 0 Å². The summed E-state index contributed by atoms with van der Waals surface area (Å²) in [5, 5.41) is 7.73. The first-order valence-corrected chi connectivity index (χ1v) is 16.3. The van der Waals surface area contributed by atoms with Crippen molar-refractivity contribution < 1.29 is 0 Å². The van der Waals surface area contributed by atoms with Crippen molar-refractivity contribution in [1.29, 1.82) is 0 Å². The SMILES string of the molecule is c1ccc(-c2ccccc2-c2c3ccccc3c(-c3ccccc3-c3cccc4c3sc3ccccc34)c3ccccc23)cc1. The first-order chi connectivity index (χ1) is 22.4. The number of hydrogen-bond acceptors (Lipinski definition) is 1. The van der Waals surface area contributed by atoms with Gasteiger partial charge in [0.05, 0.1) is 0 Å². The lowest BCUT2D eigenvalue weighted by Crippen LogP contribution is -1.94. The topological polar surface area (TPSA) is 0 Å². The minimum absolute atomic E-state index is 1.23. The number of thiophene rings is 1. The van der Waals surface area contributed by atoms with E-state index in [1.54, 1.807) is 0 Å². The molecule has 0 spiro atoms. The molecule has 210 valence electrons. The van der Waals surface area contributed by atoms with Crippen LogP contribution in [0.25, 0.3) is 86.2 Å². The zero-order valence-electron chi connectivity index (χ0n) is 24.6. The second kappa shape index (κ2) is 10.6. The Bertz CT molecular complexity index is 2480. The zero-order valence-corrected chi connectivity index (χ0v) is 25.4. The minimum atomic E-state index is 1.23. The van der Waals surface area contributed by atoms with Crippen LogP contribution in [0, 0.1) is 0 Å². The van der Waals surface area contributed by atoms with E-state index in [1.807, 2.05) is 11.3 Å². The summed E-state index contributed by atoms with van der Waals surface area (Å²) in [4.78, 5) is 0. The third kappa shape index (κ3) is 4.13. The Morgan fingerprint density at radius 1 is 0.267 bits per heavy atom. The van der Waals surface area contributed by atoms with Gasteiger partial charge in [0.25, 0.3) is 0 Å². The summed E-state index contributed by atoms with van der Waals surface area (Å²) in [6.45, 7) is 0. The Balaban J connectivity index is 1.38. The van der Waals surface area contributed by atoms with Crippen LogP contribution >= 0.6 is 11.3 Å². The molecule has 1 heterocycles. The summed E-state index contributed by atoms with van der Waals surface area (Å²) in [6, 6.07) is 62.1. The highest BCUT2D eigenvalue weighted by atomic mass is 32.1. The number of fused-ring (bicyclic) bond motifs is 5. The fourth-order valence-electron chi connectivity index (χ4n) is 7.17. The van der Waals surface area contributed by atoms with Crippen LogP contribution in [0.1, 0.15) is 0 Å². The first-order valence-electron chi connectivity index (χ1n) is 15.4. The van der Waals surface area contributed by atoms with Gasteiger partial charge in [-0.05, 0) is 66.6 Å². The van der Waals surface area contributed by atoms with E-state index in [9.17, 15) is 0 Å². The lowest BCUT2D eigenvalue weighted by atomic mass is 9.82. The molecule has 0 saturated heterocycles. The van der Waals surface area contributed by atoms with Gasteiger partial charge < -0.3 is 0 Å². The first kappa shape index (κ1) is 25.9. The van der Waals surface area contributed by atoms with Crippen LogP contribution in [-0.4, -0.2) is 0 Å². The molecule has 0 fully saturated rings. The van der Waals surface area contributed by atoms with Gasteiger partial charge in [-0.2, -0.15) is 0 Å². The Kier molecular flexibility index (Phi) is 6.11. The Morgan fingerprint density at radius 3 is 1.31 bits per heavy atom. The van der Waals surface area contributed by atoms with Gasteiger partial charge in [0, 0.05) is 25.7 Å². The van der Waals surface area contributed by atoms with E-state index in [1.165, 1.54) is 86.2 Å². The third-order valence-corrected chi connectivity index (χ3v) is 10.3. The zero-order chi connectivity index (χ0) is 29.7. The maximum absolute atomic E-state index is 2.31. The van der Waals surface area contributed by atoms with E-state index >= 15 is 0 Å². The predicted octanol–water partition coefficient (Wildman–Crippen LogP) is 13.0. The van der Waals surface area contributed by atoms with Crippen molar-refractivity contribution in [2.24, 2.45) is 0 Å². The van der Waals surface area contributed by atoms with Gasteiger partial charge in [-0.25, -0.2) is 0 Å². The molecule has 8 aromatic carbocycles. The van der Waals surface area contributed by atoms with E-state index < -0.39 is 0 Å². The van der Waals surface area contributed by atoms with Gasteiger partial charge in [-0.3, -0.25) is 0 Å². The van der Waals surface area contributed by atoms with Gasteiger partial charge in [-0.15, -0.1) is 11.3 Å². The van der Waals surface area contributed by atoms with Crippen LogP contribution in [0.4, 0.5) is 0 Å². The number of benzene rings is 8. The summed E-state index contributed by atoms with van der Waals surface area (Å²) >= 11 is 1.89. The average Bonchev–Trinajstić information content (AvgIpc) is 3.50. The molecule has 9 aromatic rings. The highest BCUT2D eigenvalue weighted by molar-refractivity contribution is 7.26. The molecular weight excluding hydrogens is 561 g/mol. The summed E-state index contributed by atoms with van der Waals surface area (Å²) in [7, 11) is 0. The Labute approximate surface area is 266 Å². The molecule has 0 aliphatic rings. The van der Waals surface area contributed by atoms with Crippen LogP contribution in [0.3, 0.4) is 0 Å². The van der Waals surface area contributed by atoms with E-state index in [0.29, 0.717) is 0 Å². The summed E-state index contributed by atoms with van der Waals surface area (Å²) in [5.74, 6) is 0. The van der Waals surface area contributed by atoms with Gasteiger partial charge in [0.15, 0.2) is 0 Å². The normalized spacial score (nSPS) is 11.6. The Morgan fingerprint density at radius 2 is 0.689 bits per heavy atom. The molecule has 0 nitrogen and oxygen atoms in total. The fraction of sp³-hybridized carbons (Fsp3) is 0. The second-order valence-electron chi connectivity index (χ2n) is 11.6. The molecule has 9 rings (SSSR count). The summed E-state index contributed by atoms with van der Waals surface area (Å²) < 4.78 is 2.67. The van der Waals surface area contributed by atoms with Gasteiger partial charge in [0.2, 0.25) is 0 Å². The highest BCUT2D eigenvalue weighted by Gasteiger charge is 2.21. The monoisotopic (exact) mass is 588 g/mol. The third-order valence-electron chi connectivity index (χ3n) is 9.10. The summed E-state index contributed by atoms with van der Waals surface area (Å²) in [6.07, 6.45) is 0. The van der Waals surface area contributed by atoms with Crippen molar-refractivity contribution in [3.63, 3.8) is 0 Å². The van der Waals surface area contributed by atoms with E-state index in [2.05, 4.69) is 170 Å². The molecule has 0 atom stereocenters. The largest absolute Gasteiger partial charge is 0.135 e. The molecule has 0 aliphatic heterocycles. The maximum atomic E-state index is 2.31. The van der Waals surface area contributed by atoms with E-state index in [-0.39, 0.29) is 0 Å². The fourth-order valence-corrected chi connectivity index (χ4v) is 8.40. The molecule has 0 unspecified atom stereocenters. The molecule has 1 aromatic heterocycles. The van der Waals surface area contributed by atoms with E-state index in [4.69, 9.17) is 0 Å². The van der Waals surface area contributed by atoms with Crippen molar-refractivity contribution >= 4 is 53.1 Å². The van der Waals surface area contributed by atoms with Crippen LogP contribution in [-0.2, 0) is 0 Å². The molecule has 45 heavy (non-hydrogen) atoms. The van der Waals surface area contributed by atoms with Crippen molar-refractivity contribution in [1.82, 2.24) is 0 Å². The minimum Gasteiger partial charge on any atom is -0.135 e. The van der Waals surface area contributed by atoms with Crippen molar-refractivity contribution in [3.8, 4) is 44.5 Å². The summed E-state index contributed by atoms with van der Waals surface area (Å²) in [5.41, 5.74) is 10.1. The predicted molar refractivity (Wildman–Crippen MR) is 196 cm³/mol. The molecule has 0 N–H and O–H groups in total. The smallest absolute Gasteiger partial charge is 0.0434 e. The van der Waals surface area contributed by atoms with Gasteiger partial charge >= 0.3 is 0 Å². The number of hydrogen-bond donors (Lipinski definition) is 0. The Hall–Kier alpha value is -5.50. The van der Waals surface area contributed by atoms with Crippen molar-refractivity contribution in [2.75, 3.05) is 0 Å². The second-order valence-corrected chi connectivity index (χ2v) is 12.6. The lowest BCUT2D eigenvalue weighted by Gasteiger charge is -2.21. The van der Waals surface area contributed by atoms with Gasteiger partial charge in [0.1, 0.15) is 0 Å². The quantitative estimate of drug-likeness (QED) is 0.179. The molecule has 0 amide bonds. The molecule has 0 aliphatic carbocycles. The van der Waals surface area contributed by atoms with Crippen LogP contribution in [0.2, 0.25) is 0 Å². The molecule has 1 heteroatoms. The van der Waals surface area contributed by atoms with Crippen molar-refractivity contribution in [3.05, 3.63) is 170 Å². The standard InChI is InChI=1S/C44H28S/c1-2-15-29(16-3-1)30-17-4-6-20-33(30)42-35-22-8-10-24-37(35)43(38-25-11-9-23-36(38)42)34-21-7-5-18-31(34)39-26-14-27-40-32-19-12-13-28-41(32)45-44(39)40/h1-28H. The van der Waals surface area contributed by atoms with Crippen LogP contribution < -0.4 is 0 Å². The lowest BCUT2D eigenvalue weighted by molar-refractivity contribution is 1.60. The molecular formula is C44H28S. The van der Waals surface area contributed by atoms with Crippen LogP contribution in [0.15, 0.2) is 170 Å². The van der Waals surface area contributed by atoms with Gasteiger partial charge in [-0.1, -0.05) is 164 Å². The maximum Gasteiger partial charge on any atom is 0.0434 e. The number of rotatable bonds is 4. The molecule has 0 radical (unpaired) electrons. The average molecular weight is 589 g/mol. The van der Waals surface area contributed by atoms with Crippen molar-refractivity contribution in [2.45, 2.75) is 0 Å². The highest BCUT2D eigenvalue weighted by Crippen LogP contribution is 2.49. The molecule has 0 saturated carbocycles.